The highest BCUT2D eigenvalue weighted by Gasteiger charge is 2.38. The standard InChI is InChI=1S/C13H19ClN2O2/c1-9-3-5-13(18-2,6-4-9)12-15-10(8-14)7-11(17)16-12/h7,9H,3-6,8H2,1-2H3,(H,15,16,17). The zero-order valence-electron chi connectivity index (χ0n) is 10.8. The molecule has 0 bridgehead atoms. The molecular weight excluding hydrogens is 252 g/mol. The fourth-order valence-electron chi connectivity index (χ4n) is 2.56. The fraction of sp³-hybridized carbons (Fsp3) is 0.692. The number of methoxy groups -OCH3 is 1. The molecule has 0 spiro atoms. The number of aromatic nitrogens is 2. The van der Waals surface area contributed by atoms with Crippen LogP contribution < -0.4 is 5.56 Å². The van der Waals surface area contributed by atoms with E-state index in [-0.39, 0.29) is 11.4 Å². The van der Waals surface area contributed by atoms with Gasteiger partial charge < -0.3 is 9.72 Å². The molecule has 18 heavy (non-hydrogen) atoms. The van der Waals surface area contributed by atoms with E-state index in [1.165, 1.54) is 6.07 Å². The third-order valence-corrected chi connectivity index (χ3v) is 4.11. The van der Waals surface area contributed by atoms with Crippen molar-refractivity contribution < 1.29 is 4.74 Å². The van der Waals surface area contributed by atoms with Gasteiger partial charge in [0.15, 0.2) is 0 Å². The van der Waals surface area contributed by atoms with Gasteiger partial charge >= 0.3 is 0 Å². The predicted molar refractivity (Wildman–Crippen MR) is 70.7 cm³/mol. The van der Waals surface area contributed by atoms with Gasteiger partial charge in [0.25, 0.3) is 5.56 Å². The molecule has 5 heteroatoms. The number of hydrogen-bond acceptors (Lipinski definition) is 3. The smallest absolute Gasteiger partial charge is 0.251 e. The topological polar surface area (TPSA) is 55.0 Å². The Hall–Kier alpha value is -0.870. The van der Waals surface area contributed by atoms with Crippen LogP contribution in [0.5, 0.6) is 0 Å². The van der Waals surface area contributed by atoms with Crippen LogP contribution >= 0.6 is 11.6 Å². The second kappa shape index (κ2) is 5.41. The number of hydrogen-bond donors (Lipinski definition) is 1. The van der Waals surface area contributed by atoms with Gasteiger partial charge in [0, 0.05) is 13.2 Å². The summed E-state index contributed by atoms with van der Waals surface area (Å²) in [6.45, 7) is 2.24. The van der Waals surface area contributed by atoms with Crippen LogP contribution in [-0.4, -0.2) is 17.1 Å². The van der Waals surface area contributed by atoms with E-state index in [1.807, 2.05) is 0 Å². The van der Waals surface area contributed by atoms with Gasteiger partial charge in [-0.2, -0.15) is 0 Å². The largest absolute Gasteiger partial charge is 0.370 e. The Morgan fingerprint density at radius 3 is 2.78 bits per heavy atom. The maximum Gasteiger partial charge on any atom is 0.251 e. The van der Waals surface area contributed by atoms with Crippen molar-refractivity contribution in [2.75, 3.05) is 7.11 Å². The number of nitrogens with one attached hydrogen (secondary N) is 1. The van der Waals surface area contributed by atoms with E-state index in [1.54, 1.807) is 7.11 Å². The van der Waals surface area contributed by atoms with Crippen LogP contribution in [0, 0.1) is 5.92 Å². The molecule has 0 aromatic carbocycles. The number of alkyl halides is 1. The summed E-state index contributed by atoms with van der Waals surface area (Å²) in [6.07, 6.45) is 3.95. The van der Waals surface area contributed by atoms with Crippen molar-refractivity contribution in [1.82, 2.24) is 9.97 Å². The Morgan fingerprint density at radius 2 is 2.22 bits per heavy atom. The van der Waals surface area contributed by atoms with Crippen molar-refractivity contribution in [2.24, 2.45) is 5.92 Å². The highest BCUT2D eigenvalue weighted by molar-refractivity contribution is 6.16. The first-order valence-corrected chi connectivity index (χ1v) is 6.85. The summed E-state index contributed by atoms with van der Waals surface area (Å²) in [5.41, 5.74) is -0.00977. The Bertz CT molecular complexity index is 464. The van der Waals surface area contributed by atoms with Gasteiger partial charge in [-0.05, 0) is 31.6 Å². The Labute approximate surface area is 112 Å². The lowest BCUT2D eigenvalue weighted by Crippen LogP contribution is -2.37. The molecule has 0 saturated heterocycles. The first kappa shape index (κ1) is 13.6. The normalized spacial score (nSPS) is 28.3. The number of halogens is 1. The molecule has 1 aliphatic rings. The predicted octanol–water partition coefficient (Wildman–Crippen LogP) is 2.56. The molecule has 1 saturated carbocycles. The molecule has 2 rings (SSSR count). The molecular formula is C13H19ClN2O2. The molecule has 0 aliphatic heterocycles. The molecule has 1 aromatic rings. The Balaban J connectivity index is 2.38. The summed E-state index contributed by atoms with van der Waals surface area (Å²) in [6, 6.07) is 1.44. The first-order chi connectivity index (χ1) is 8.59. The average Bonchev–Trinajstić information content (AvgIpc) is 2.39. The van der Waals surface area contributed by atoms with Gasteiger partial charge in [0.2, 0.25) is 0 Å². The summed E-state index contributed by atoms with van der Waals surface area (Å²) in [7, 11) is 1.68. The molecule has 1 N–H and O–H groups in total. The van der Waals surface area contributed by atoms with Crippen molar-refractivity contribution in [3.63, 3.8) is 0 Å². The highest BCUT2D eigenvalue weighted by Crippen LogP contribution is 2.40. The van der Waals surface area contributed by atoms with Crippen molar-refractivity contribution in [2.45, 2.75) is 44.1 Å². The summed E-state index contributed by atoms with van der Waals surface area (Å²) in [5.74, 6) is 1.57. The lowest BCUT2D eigenvalue weighted by Gasteiger charge is -2.37. The lowest BCUT2D eigenvalue weighted by atomic mass is 9.79. The van der Waals surface area contributed by atoms with Crippen LogP contribution in [0.4, 0.5) is 0 Å². The van der Waals surface area contributed by atoms with Gasteiger partial charge in [-0.25, -0.2) is 4.98 Å². The van der Waals surface area contributed by atoms with Crippen LogP contribution in [-0.2, 0) is 16.2 Å². The van der Waals surface area contributed by atoms with Gasteiger partial charge in [-0.3, -0.25) is 4.79 Å². The summed E-state index contributed by atoms with van der Waals surface area (Å²) in [5, 5.41) is 0. The number of H-pyrrole nitrogens is 1. The molecule has 1 heterocycles. The third kappa shape index (κ3) is 2.59. The van der Waals surface area contributed by atoms with Crippen LogP contribution in [0.1, 0.15) is 44.1 Å². The first-order valence-electron chi connectivity index (χ1n) is 6.31. The third-order valence-electron chi connectivity index (χ3n) is 3.84. The SMILES string of the molecule is COC1(c2nc(CCl)cc(=O)[nH]2)CCC(C)CC1. The van der Waals surface area contributed by atoms with Gasteiger partial charge in [-0.1, -0.05) is 6.92 Å². The van der Waals surface area contributed by atoms with Crippen LogP contribution in [0.3, 0.4) is 0 Å². The molecule has 0 atom stereocenters. The second-order valence-electron chi connectivity index (χ2n) is 5.10. The number of ether oxygens (including phenoxy) is 1. The minimum Gasteiger partial charge on any atom is -0.370 e. The molecule has 0 amide bonds. The minimum absolute atomic E-state index is 0.161. The molecule has 1 fully saturated rings. The van der Waals surface area contributed by atoms with Gasteiger partial charge in [0.1, 0.15) is 11.4 Å². The quantitative estimate of drug-likeness (QED) is 0.859. The Kier molecular flexibility index (Phi) is 4.07. The summed E-state index contributed by atoms with van der Waals surface area (Å²) >= 11 is 5.77. The van der Waals surface area contributed by atoms with E-state index < -0.39 is 5.60 Å². The molecule has 1 aliphatic carbocycles. The van der Waals surface area contributed by atoms with Crippen molar-refractivity contribution in [1.29, 1.82) is 0 Å². The summed E-state index contributed by atoms with van der Waals surface area (Å²) < 4.78 is 5.69. The van der Waals surface area contributed by atoms with E-state index in [2.05, 4.69) is 16.9 Å². The Morgan fingerprint density at radius 1 is 1.56 bits per heavy atom. The highest BCUT2D eigenvalue weighted by atomic mass is 35.5. The molecule has 100 valence electrons. The van der Waals surface area contributed by atoms with Crippen LogP contribution in [0.25, 0.3) is 0 Å². The van der Waals surface area contributed by atoms with E-state index >= 15 is 0 Å². The maximum atomic E-state index is 11.6. The van der Waals surface area contributed by atoms with Crippen molar-refractivity contribution in [3.8, 4) is 0 Å². The maximum absolute atomic E-state index is 11.6. The van der Waals surface area contributed by atoms with Crippen LogP contribution in [0.15, 0.2) is 10.9 Å². The van der Waals surface area contributed by atoms with E-state index in [9.17, 15) is 4.79 Å². The monoisotopic (exact) mass is 270 g/mol. The van der Waals surface area contributed by atoms with E-state index in [4.69, 9.17) is 16.3 Å². The van der Waals surface area contributed by atoms with Gasteiger partial charge in [0.05, 0.1) is 11.6 Å². The number of aromatic amines is 1. The zero-order valence-corrected chi connectivity index (χ0v) is 11.6. The molecule has 4 nitrogen and oxygen atoms in total. The van der Waals surface area contributed by atoms with E-state index in [0.717, 1.165) is 25.7 Å². The van der Waals surface area contributed by atoms with Crippen LogP contribution in [0.2, 0.25) is 0 Å². The average molecular weight is 271 g/mol. The van der Waals surface area contributed by atoms with E-state index in [0.29, 0.717) is 17.4 Å². The number of nitrogens with zero attached hydrogens (tertiary/aromatic N) is 1. The van der Waals surface area contributed by atoms with Crippen molar-refractivity contribution in [3.05, 3.63) is 27.9 Å². The zero-order chi connectivity index (χ0) is 13.2. The second-order valence-corrected chi connectivity index (χ2v) is 5.37. The minimum atomic E-state index is -0.451. The van der Waals surface area contributed by atoms with Crippen molar-refractivity contribution >= 4 is 11.6 Å². The molecule has 1 aromatic heterocycles. The lowest BCUT2D eigenvalue weighted by molar-refractivity contribution is -0.0600. The molecule has 0 radical (unpaired) electrons. The number of rotatable bonds is 3. The van der Waals surface area contributed by atoms with Gasteiger partial charge in [-0.15, -0.1) is 11.6 Å². The summed E-state index contributed by atoms with van der Waals surface area (Å²) in [4.78, 5) is 18.9. The molecule has 0 unspecified atom stereocenters. The fourth-order valence-corrected chi connectivity index (χ4v) is 2.70.